The van der Waals surface area contributed by atoms with E-state index >= 15 is 0 Å². The standard InChI is InChI=1S/C16H13BrF2O/c17-14(8-11-1-3-13(18)9-15(11)19)10-2-4-16-12(7-10)5-6-20-16/h1-4,7,9,14H,5-6,8H2. The molecular formula is C16H13BrF2O. The van der Waals surface area contributed by atoms with E-state index in [1.54, 1.807) is 0 Å². The molecule has 3 rings (SSSR count). The van der Waals surface area contributed by atoms with Crippen LogP contribution in [0.4, 0.5) is 8.78 Å². The summed E-state index contributed by atoms with van der Waals surface area (Å²) >= 11 is 3.58. The van der Waals surface area contributed by atoms with E-state index in [1.165, 1.54) is 17.7 Å². The molecule has 20 heavy (non-hydrogen) atoms. The van der Waals surface area contributed by atoms with Gasteiger partial charge in [0.1, 0.15) is 17.4 Å². The minimum absolute atomic E-state index is 0.00615. The molecule has 0 spiro atoms. The van der Waals surface area contributed by atoms with Gasteiger partial charge in [0, 0.05) is 17.3 Å². The molecule has 4 heteroatoms. The van der Waals surface area contributed by atoms with Gasteiger partial charge in [-0.05, 0) is 35.2 Å². The summed E-state index contributed by atoms with van der Waals surface area (Å²) in [6.07, 6.45) is 1.39. The Bertz CT molecular complexity index is 642. The van der Waals surface area contributed by atoms with Crippen molar-refractivity contribution in [3.63, 3.8) is 0 Å². The Morgan fingerprint density at radius 1 is 1.15 bits per heavy atom. The Labute approximate surface area is 124 Å². The molecule has 0 aromatic heterocycles. The molecule has 0 amide bonds. The van der Waals surface area contributed by atoms with E-state index in [4.69, 9.17) is 4.74 Å². The van der Waals surface area contributed by atoms with Crippen LogP contribution in [0, 0.1) is 11.6 Å². The Morgan fingerprint density at radius 3 is 2.80 bits per heavy atom. The Kier molecular flexibility index (Phi) is 3.74. The van der Waals surface area contributed by atoms with Gasteiger partial charge in [-0.25, -0.2) is 8.78 Å². The summed E-state index contributed by atoms with van der Waals surface area (Å²) in [5.41, 5.74) is 2.77. The number of halogens is 3. The van der Waals surface area contributed by atoms with E-state index in [-0.39, 0.29) is 4.83 Å². The van der Waals surface area contributed by atoms with Gasteiger partial charge in [-0.1, -0.05) is 34.1 Å². The van der Waals surface area contributed by atoms with Crippen LogP contribution in [0.1, 0.15) is 21.5 Å². The van der Waals surface area contributed by atoms with Gasteiger partial charge in [0.05, 0.1) is 6.61 Å². The maximum absolute atomic E-state index is 13.7. The Morgan fingerprint density at radius 2 is 2.00 bits per heavy atom. The van der Waals surface area contributed by atoms with Gasteiger partial charge in [-0.2, -0.15) is 0 Å². The first kappa shape index (κ1) is 13.6. The fourth-order valence-electron chi connectivity index (χ4n) is 2.40. The number of hydrogen-bond acceptors (Lipinski definition) is 1. The Balaban J connectivity index is 1.80. The van der Waals surface area contributed by atoms with Crippen LogP contribution >= 0.6 is 15.9 Å². The van der Waals surface area contributed by atoms with Gasteiger partial charge in [0.25, 0.3) is 0 Å². The van der Waals surface area contributed by atoms with Gasteiger partial charge in [0.2, 0.25) is 0 Å². The van der Waals surface area contributed by atoms with Gasteiger partial charge in [0.15, 0.2) is 0 Å². The SMILES string of the molecule is Fc1ccc(CC(Br)c2ccc3c(c2)CCO3)c(F)c1. The number of benzene rings is 2. The summed E-state index contributed by atoms with van der Waals surface area (Å²) in [6.45, 7) is 0.721. The van der Waals surface area contributed by atoms with Crippen molar-refractivity contribution in [3.8, 4) is 5.75 Å². The van der Waals surface area contributed by atoms with Crippen molar-refractivity contribution in [2.75, 3.05) is 6.61 Å². The first-order valence-electron chi connectivity index (χ1n) is 6.47. The molecule has 0 saturated heterocycles. The first-order chi connectivity index (χ1) is 9.63. The lowest BCUT2D eigenvalue weighted by Crippen LogP contribution is -1.99. The van der Waals surface area contributed by atoms with Gasteiger partial charge in [-0.15, -0.1) is 0 Å². The van der Waals surface area contributed by atoms with Crippen molar-refractivity contribution >= 4 is 15.9 Å². The van der Waals surface area contributed by atoms with Crippen LogP contribution < -0.4 is 4.74 Å². The minimum atomic E-state index is -0.549. The second-order valence-corrected chi connectivity index (χ2v) is 5.98. The van der Waals surface area contributed by atoms with E-state index in [9.17, 15) is 8.78 Å². The van der Waals surface area contributed by atoms with E-state index in [1.807, 2.05) is 12.1 Å². The maximum Gasteiger partial charge on any atom is 0.129 e. The van der Waals surface area contributed by atoms with Crippen molar-refractivity contribution in [2.24, 2.45) is 0 Å². The summed E-state index contributed by atoms with van der Waals surface area (Å²) in [5.74, 6) is -0.118. The topological polar surface area (TPSA) is 9.23 Å². The summed E-state index contributed by atoms with van der Waals surface area (Å²) in [5, 5.41) is 0. The summed E-state index contributed by atoms with van der Waals surface area (Å²) < 4.78 is 32.0. The van der Waals surface area contributed by atoms with Gasteiger partial charge < -0.3 is 4.74 Å². The number of fused-ring (bicyclic) bond motifs is 1. The highest BCUT2D eigenvalue weighted by Gasteiger charge is 2.17. The molecule has 0 radical (unpaired) electrons. The van der Waals surface area contributed by atoms with Crippen LogP contribution in [0.25, 0.3) is 0 Å². The molecule has 1 aliphatic heterocycles. The average molecular weight is 339 g/mol. The first-order valence-corrected chi connectivity index (χ1v) is 7.38. The molecule has 1 aliphatic rings. The molecule has 0 saturated carbocycles. The van der Waals surface area contributed by atoms with Gasteiger partial charge >= 0.3 is 0 Å². The third kappa shape index (κ3) is 2.70. The lowest BCUT2D eigenvalue weighted by atomic mass is 10.0. The van der Waals surface area contributed by atoms with E-state index in [0.29, 0.717) is 12.0 Å². The zero-order chi connectivity index (χ0) is 14.1. The van der Waals surface area contributed by atoms with Crippen molar-refractivity contribution in [1.82, 2.24) is 0 Å². The largest absolute Gasteiger partial charge is 0.493 e. The Hall–Kier alpha value is -1.42. The molecular weight excluding hydrogens is 326 g/mol. The summed E-state index contributed by atoms with van der Waals surface area (Å²) in [7, 11) is 0. The van der Waals surface area contributed by atoms with Crippen LogP contribution in [0.3, 0.4) is 0 Å². The van der Waals surface area contributed by atoms with Crippen LogP contribution in [0.2, 0.25) is 0 Å². The second kappa shape index (κ2) is 5.52. The summed E-state index contributed by atoms with van der Waals surface area (Å²) in [4.78, 5) is -0.00615. The predicted molar refractivity (Wildman–Crippen MR) is 77.4 cm³/mol. The molecule has 2 aromatic carbocycles. The average Bonchev–Trinajstić information content (AvgIpc) is 2.89. The normalized spacial score (nSPS) is 14.8. The highest BCUT2D eigenvalue weighted by Crippen LogP contribution is 2.33. The third-order valence-corrected chi connectivity index (χ3v) is 4.34. The summed E-state index contributed by atoms with van der Waals surface area (Å²) in [6, 6.07) is 9.72. The minimum Gasteiger partial charge on any atom is -0.493 e. The van der Waals surface area contributed by atoms with Crippen molar-refractivity contribution in [2.45, 2.75) is 17.7 Å². The maximum atomic E-state index is 13.7. The number of ether oxygens (including phenoxy) is 1. The molecule has 104 valence electrons. The van der Waals surface area contributed by atoms with Crippen LogP contribution in [-0.4, -0.2) is 6.61 Å². The zero-order valence-corrected chi connectivity index (χ0v) is 12.3. The molecule has 1 heterocycles. The van der Waals surface area contributed by atoms with Crippen LogP contribution in [0.15, 0.2) is 36.4 Å². The highest BCUT2D eigenvalue weighted by atomic mass is 79.9. The fraction of sp³-hybridized carbons (Fsp3) is 0.250. The van der Waals surface area contributed by atoms with E-state index in [0.717, 1.165) is 30.4 Å². The van der Waals surface area contributed by atoms with Crippen LogP contribution in [0.5, 0.6) is 5.75 Å². The van der Waals surface area contributed by atoms with Crippen molar-refractivity contribution < 1.29 is 13.5 Å². The van der Waals surface area contributed by atoms with Gasteiger partial charge in [-0.3, -0.25) is 0 Å². The number of rotatable bonds is 3. The molecule has 1 nitrogen and oxygen atoms in total. The molecule has 2 aromatic rings. The molecule has 0 aliphatic carbocycles. The molecule has 0 bridgehead atoms. The smallest absolute Gasteiger partial charge is 0.129 e. The van der Waals surface area contributed by atoms with E-state index in [2.05, 4.69) is 22.0 Å². The quantitative estimate of drug-likeness (QED) is 0.744. The highest BCUT2D eigenvalue weighted by molar-refractivity contribution is 9.09. The van der Waals surface area contributed by atoms with E-state index < -0.39 is 11.6 Å². The lowest BCUT2D eigenvalue weighted by Gasteiger charge is -2.12. The number of hydrogen-bond donors (Lipinski definition) is 0. The third-order valence-electron chi connectivity index (χ3n) is 3.49. The van der Waals surface area contributed by atoms with Crippen LogP contribution in [-0.2, 0) is 12.8 Å². The van der Waals surface area contributed by atoms with Crippen molar-refractivity contribution in [3.05, 3.63) is 64.7 Å². The zero-order valence-electron chi connectivity index (χ0n) is 10.7. The molecule has 0 fully saturated rings. The lowest BCUT2D eigenvalue weighted by molar-refractivity contribution is 0.357. The monoisotopic (exact) mass is 338 g/mol. The fourth-order valence-corrected chi connectivity index (χ4v) is 3.03. The molecule has 1 unspecified atom stereocenters. The molecule has 0 N–H and O–H groups in total. The molecule has 1 atom stereocenters. The predicted octanol–water partition coefficient (Wildman–Crippen LogP) is 4.58. The second-order valence-electron chi connectivity index (χ2n) is 4.87. The number of alkyl halides is 1. The van der Waals surface area contributed by atoms with Crippen molar-refractivity contribution in [1.29, 1.82) is 0 Å².